The van der Waals surface area contributed by atoms with Crippen LogP contribution in [0.4, 0.5) is 0 Å². The Hall–Kier alpha value is 0.451. The molecule has 1 aliphatic heterocycles. The van der Waals surface area contributed by atoms with Crippen molar-refractivity contribution >= 4 is 25.2 Å². The maximum absolute atomic E-state index is 6.94. The van der Waals surface area contributed by atoms with Crippen molar-refractivity contribution < 1.29 is 17.7 Å². The fraction of sp³-hybridized carbons (Fsp3) is 1.00. The molecule has 1 aliphatic rings. The highest BCUT2D eigenvalue weighted by atomic mass is 28.5. The van der Waals surface area contributed by atoms with Crippen LogP contribution in [0.25, 0.3) is 0 Å². The topological polar surface area (TPSA) is 43.5 Å². The average Bonchev–Trinajstić information content (AvgIpc) is 3.34. The van der Waals surface area contributed by atoms with Crippen LogP contribution < -0.4 is 0 Å². The van der Waals surface area contributed by atoms with Gasteiger partial charge in [0.1, 0.15) is 6.10 Å². The predicted octanol–water partition coefficient (Wildman–Crippen LogP) is 5.06. The SMILES string of the molecule is CCCC[Si](C)(CCCN(C)C)O[Si](C)(C)O[Si](C)(C)CCCOCC1CO1. The summed E-state index contributed by atoms with van der Waals surface area (Å²) in [7, 11) is -1.29. The second-order valence-corrected chi connectivity index (χ2v) is 22.3. The van der Waals surface area contributed by atoms with Gasteiger partial charge in [0.25, 0.3) is 0 Å². The highest BCUT2D eigenvalue weighted by Crippen LogP contribution is 2.29. The standard InChI is InChI=1S/C20H47NO4Si3/c1-9-10-16-28(8,17-11-13-21(2)3)25-27(6,7)24-26(4,5)15-12-14-22-18-20-19-23-20/h20H,9-19H2,1-8H3. The lowest BCUT2D eigenvalue weighted by Gasteiger charge is -2.40. The number of hydrogen-bond acceptors (Lipinski definition) is 5. The van der Waals surface area contributed by atoms with Gasteiger partial charge in [-0.3, -0.25) is 0 Å². The number of ether oxygens (including phenoxy) is 2. The molecule has 0 radical (unpaired) electrons. The molecule has 168 valence electrons. The highest BCUT2D eigenvalue weighted by molar-refractivity contribution is 6.88. The van der Waals surface area contributed by atoms with Gasteiger partial charge in [0.15, 0.2) is 16.6 Å². The normalized spacial score (nSPS) is 19.8. The molecule has 0 spiro atoms. The molecule has 2 atom stereocenters. The van der Waals surface area contributed by atoms with Crippen LogP contribution in [0.15, 0.2) is 0 Å². The van der Waals surface area contributed by atoms with E-state index in [1.807, 2.05) is 0 Å². The van der Waals surface area contributed by atoms with Crippen molar-refractivity contribution in [2.45, 2.75) is 89.6 Å². The Morgan fingerprint density at radius 1 is 0.929 bits per heavy atom. The summed E-state index contributed by atoms with van der Waals surface area (Å²) in [5.74, 6) is 0. The third kappa shape index (κ3) is 12.9. The summed E-state index contributed by atoms with van der Waals surface area (Å²) >= 11 is 0. The Morgan fingerprint density at radius 3 is 2.14 bits per heavy atom. The first-order chi connectivity index (χ1) is 13.0. The first-order valence-electron chi connectivity index (χ1n) is 11.2. The van der Waals surface area contributed by atoms with Gasteiger partial charge in [-0.05, 0) is 84.3 Å². The number of unbranched alkanes of at least 4 members (excludes halogenated alkanes) is 1. The van der Waals surface area contributed by atoms with E-state index in [4.69, 9.17) is 17.7 Å². The Balaban J connectivity index is 2.48. The molecule has 5 nitrogen and oxygen atoms in total. The first-order valence-corrected chi connectivity index (χ1v) is 20.0. The van der Waals surface area contributed by atoms with Gasteiger partial charge in [-0.15, -0.1) is 0 Å². The van der Waals surface area contributed by atoms with E-state index in [9.17, 15) is 0 Å². The zero-order valence-electron chi connectivity index (χ0n) is 19.9. The Kier molecular flexibility index (Phi) is 11.7. The molecule has 1 saturated heterocycles. The van der Waals surface area contributed by atoms with Gasteiger partial charge in [-0.25, -0.2) is 0 Å². The largest absolute Gasteiger partial charge is 0.437 e. The average molecular weight is 450 g/mol. The van der Waals surface area contributed by atoms with Crippen molar-refractivity contribution in [3.8, 4) is 0 Å². The van der Waals surface area contributed by atoms with E-state index in [2.05, 4.69) is 58.7 Å². The molecule has 8 heteroatoms. The summed E-state index contributed by atoms with van der Waals surface area (Å²) in [5, 5.41) is 0. The summed E-state index contributed by atoms with van der Waals surface area (Å²) in [6.07, 6.45) is 5.18. The molecule has 0 aliphatic carbocycles. The predicted molar refractivity (Wildman–Crippen MR) is 126 cm³/mol. The molecule has 0 saturated carbocycles. The van der Waals surface area contributed by atoms with E-state index < -0.39 is 25.2 Å². The van der Waals surface area contributed by atoms with Crippen LogP contribution in [0.5, 0.6) is 0 Å². The maximum Gasteiger partial charge on any atom is 0.311 e. The second-order valence-electron chi connectivity index (χ2n) is 9.96. The third-order valence-electron chi connectivity index (χ3n) is 5.16. The summed E-state index contributed by atoms with van der Waals surface area (Å²) < 4.78 is 24.6. The van der Waals surface area contributed by atoms with E-state index in [-0.39, 0.29) is 0 Å². The number of rotatable bonds is 17. The van der Waals surface area contributed by atoms with Crippen LogP contribution in [0.2, 0.25) is 50.9 Å². The molecule has 0 N–H and O–H groups in total. The molecule has 1 rings (SSSR count). The monoisotopic (exact) mass is 449 g/mol. The molecule has 0 aromatic carbocycles. The van der Waals surface area contributed by atoms with Crippen molar-refractivity contribution in [2.24, 2.45) is 0 Å². The van der Waals surface area contributed by atoms with Crippen molar-refractivity contribution in [3.63, 3.8) is 0 Å². The number of hydrogen-bond donors (Lipinski definition) is 0. The van der Waals surface area contributed by atoms with E-state index in [1.54, 1.807) is 0 Å². The molecule has 0 bridgehead atoms. The maximum atomic E-state index is 6.94. The van der Waals surface area contributed by atoms with Gasteiger partial charge in [0, 0.05) is 6.61 Å². The minimum Gasteiger partial charge on any atom is -0.437 e. The fourth-order valence-corrected chi connectivity index (χ4v) is 18.9. The number of epoxide rings is 1. The Morgan fingerprint density at radius 2 is 1.57 bits per heavy atom. The Bertz CT molecular complexity index is 434. The third-order valence-corrected chi connectivity index (χ3v) is 17.7. The summed E-state index contributed by atoms with van der Waals surface area (Å²) in [6, 6.07) is 3.63. The van der Waals surface area contributed by atoms with Crippen LogP contribution in [-0.4, -0.2) is 76.7 Å². The molecule has 28 heavy (non-hydrogen) atoms. The molecule has 1 fully saturated rings. The van der Waals surface area contributed by atoms with Gasteiger partial charge < -0.3 is 22.6 Å². The van der Waals surface area contributed by atoms with E-state index >= 15 is 0 Å². The molecule has 0 amide bonds. The molecular formula is C20H47NO4Si3. The van der Waals surface area contributed by atoms with Gasteiger partial charge in [0.05, 0.1) is 13.2 Å². The highest BCUT2D eigenvalue weighted by Gasteiger charge is 2.41. The van der Waals surface area contributed by atoms with Crippen LogP contribution >= 0.6 is 0 Å². The quantitative estimate of drug-likeness (QED) is 0.176. The van der Waals surface area contributed by atoms with Crippen molar-refractivity contribution in [1.82, 2.24) is 4.90 Å². The van der Waals surface area contributed by atoms with E-state index in [0.29, 0.717) is 6.10 Å². The van der Waals surface area contributed by atoms with E-state index in [1.165, 1.54) is 31.4 Å². The second kappa shape index (κ2) is 12.3. The van der Waals surface area contributed by atoms with Crippen LogP contribution in [0.3, 0.4) is 0 Å². The van der Waals surface area contributed by atoms with Gasteiger partial charge in [0.2, 0.25) is 0 Å². The van der Waals surface area contributed by atoms with Crippen molar-refractivity contribution in [2.75, 3.05) is 40.5 Å². The van der Waals surface area contributed by atoms with Gasteiger partial charge in [-0.2, -0.15) is 0 Å². The van der Waals surface area contributed by atoms with Gasteiger partial charge in [-0.1, -0.05) is 19.8 Å². The van der Waals surface area contributed by atoms with Crippen molar-refractivity contribution in [1.29, 1.82) is 0 Å². The first kappa shape index (κ1) is 26.5. The zero-order chi connectivity index (χ0) is 21.3. The van der Waals surface area contributed by atoms with Crippen LogP contribution in [0.1, 0.15) is 32.6 Å². The lowest BCUT2D eigenvalue weighted by molar-refractivity contribution is 0.116. The van der Waals surface area contributed by atoms with Crippen LogP contribution in [-0.2, 0) is 17.7 Å². The molecule has 1 heterocycles. The van der Waals surface area contributed by atoms with Crippen LogP contribution in [0, 0.1) is 0 Å². The molecule has 0 aromatic rings. The van der Waals surface area contributed by atoms with E-state index in [0.717, 1.165) is 38.8 Å². The lowest BCUT2D eigenvalue weighted by atomic mass is 10.4. The van der Waals surface area contributed by atoms with Gasteiger partial charge >= 0.3 is 8.56 Å². The summed E-state index contributed by atoms with van der Waals surface area (Å²) in [6.45, 7) is 17.5. The minimum atomic E-state index is -2.13. The molecule has 2 unspecified atom stereocenters. The number of nitrogens with zero attached hydrogens (tertiary/aromatic N) is 1. The smallest absolute Gasteiger partial charge is 0.311 e. The fourth-order valence-electron chi connectivity index (χ4n) is 3.86. The summed E-state index contributed by atoms with van der Waals surface area (Å²) in [4.78, 5) is 2.28. The summed E-state index contributed by atoms with van der Waals surface area (Å²) in [5.41, 5.74) is 0. The van der Waals surface area contributed by atoms with Crippen molar-refractivity contribution in [3.05, 3.63) is 0 Å². The molecular weight excluding hydrogens is 402 g/mol. The Labute approximate surface area is 178 Å². The lowest BCUT2D eigenvalue weighted by Crippen LogP contribution is -2.53. The molecule has 0 aromatic heterocycles. The zero-order valence-corrected chi connectivity index (χ0v) is 22.9. The minimum absolute atomic E-state index is 0.361.